The third-order valence-electron chi connectivity index (χ3n) is 12.3. The number of nitrogens with zero attached hydrogens (tertiary/aromatic N) is 2. The first kappa shape index (κ1) is 37.8. The molecule has 0 bridgehead atoms. The van der Waals surface area contributed by atoms with Crippen molar-refractivity contribution >= 4 is 37.5 Å². The molecule has 3 aliphatic carbocycles. The van der Waals surface area contributed by atoms with Crippen LogP contribution in [0.15, 0.2) is 46.2 Å². The number of likely N-dealkylation sites (tertiary alicyclic amines) is 1. The second-order valence-corrected chi connectivity index (χ2v) is 19.4. The van der Waals surface area contributed by atoms with Crippen LogP contribution < -0.4 is 0 Å². The maximum atomic E-state index is 11.2. The molecule has 8 nitrogen and oxygen atoms in total. The van der Waals surface area contributed by atoms with Crippen molar-refractivity contribution in [3.05, 3.63) is 46.2 Å². The van der Waals surface area contributed by atoms with E-state index in [0.29, 0.717) is 49.6 Å². The molecule has 0 aromatic heterocycles. The molecule has 0 N–H and O–H groups in total. The highest BCUT2D eigenvalue weighted by Crippen LogP contribution is 2.53. The van der Waals surface area contributed by atoms with Gasteiger partial charge < -0.3 is 14.0 Å². The Hall–Kier alpha value is -1.46. The maximum absolute atomic E-state index is 11.2. The Balaban J connectivity index is 1.37. The number of hydrogen-bond donors (Lipinski definition) is 0. The van der Waals surface area contributed by atoms with Crippen molar-refractivity contribution in [2.75, 3.05) is 24.6 Å². The number of fused-ring (bicyclic) bond motifs is 2. The molecule has 0 aromatic rings. The van der Waals surface area contributed by atoms with Crippen molar-refractivity contribution in [2.45, 2.75) is 130 Å². The molecule has 3 fully saturated rings. The number of unbranched alkanes of at least 4 members (excludes halogenated alkanes) is 2. The van der Waals surface area contributed by atoms with Gasteiger partial charge in [-0.2, -0.15) is 0 Å². The van der Waals surface area contributed by atoms with Crippen LogP contribution in [-0.4, -0.2) is 77.8 Å². The molecule has 1 saturated heterocycles. The third-order valence-corrected chi connectivity index (χ3v) is 14.3. The molecule has 270 valence electrons. The summed E-state index contributed by atoms with van der Waals surface area (Å²) in [5.41, 5.74) is 4.83. The van der Waals surface area contributed by atoms with Gasteiger partial charge in [0.15, 0.2) is 11.8 Å². The van der Waals surface area contributed by atoms with E-state index < -0.39 is 20.2 Å². The number of hydrogen-bond acceptors (Lipinski definition) is 7. The average molecular weight is 724 g/mol. The Labute approximate surface area is 295 Å². The molecule has 0 aromatic carbocycles. The minimum atomic E-state index is -4.20. The maximum Gasteiger partial charge on any atom is 0.182 e. The van der Waals surface area contributed by atoms with Gasteiger partial charge in [-0.05, 0) is 94.8 Å². The highest BCUT2D eigenvalue weighted by atomic mass is 35.5. The second-order valence-electron chi connectivity index (χ2n) is 16.0. The molecule has 5 rings (SSSR count). The van der Waals surface area contributed by atoms with E-state index in [2.05, 4.69) is 61.5 Å². The molecule has 5 aliphatic rings. The molecule has 0 amide bonds. The quantitative estimate of drug-likeness (QED) is 0.112. The standard InChI is InChI=1S/C37H57ClN2O6S2/c1-36(2)29-13-5-7-15-31(29)39(23-9-11-25-47(41,42)43)33(36)21-19-27-17-18-28(35(27)38)20-22-34-37(3,4)30-14-6-8-16-32(30)40(34)24-10-12-26-48(44,45)46/h19-22,29-32H,5-18,23-26H2,1-4H3,(H-,41,42,43,44,45,46)/p-1. The van der Waals surface area contributed by atoms with Crippen molar-refractivity contribution in [3.63, 3.8) is 0 Å². The molecular weight excluding hydrogens is 668 g/mol. The summed E-state index contributed by atoms with van der Waals surface area (Å²) >= 11 is 7.09. The van der Waals surface area contributed by atoms with Crippen molar-refractivity contribution in [1.29, 1.82) is 0 Å². The van der Waals surface area contributed by atoms with Crippen molar-refractivity contribution in [1.82, 2.24) is 4.90 Å². The highest BCUT2D eigenvalue weighted by Gasteiger charge is 2.54. The van der Waals surface area contributed by atoms with Crippen LogP contribution in [0.25, 0.3) is 0 Å². The third kappa shape index (κ3) is 8.52. The van der Waals surface area contributed by atoms with Crippen LogP contribution in [-0.2, 0) is 20.2 Å². The molecule has 11 heteroatoms. The van der Waals surface area contributed by atoms with Gasteiger partial charge in [0.1, 0.15) is 6.54 Å². The first-order valence-electron chi connectivity index (χ1n) is 18.3. The summed E-state index contributed by atoms with van der Waals surface area (Å²) in [5.74, 6) is 0.490. The summed E-state index contributed by atoms with van der Waals surface area (Å²) in [5, 5.41) is 0.810. The molecule has 48 heavy (non-hydrogen) atoms. The number of halogens is 1. The van der Waals surface area contributed by atoms with Crippen LogP contribution in [0.1, 0.15) is 118 Å². The lowest BCUT2D eigenvalue weighted by Crippen LogP contribution is -2.35. The largest absolute Gasteiger partial charge is 0.748 e. The summed E-state index contributed by atoms with van der Waals surface area (Å²) in [6.07, 6.45) is 22.3. The van der Waals surface area contributed by atoms with E-state index in [9.17, 15) is 25.9 Å². The first-order valence-corrected chi connectivity index (χ1v) is 21.8. The molecule has 2 heterocycles. The summed E-state index contributed by atoms with van der Waals surface area (Å²) in [6, 6.07) is 0.886. The van der Waals surface area contributed by atoms with E-state index in [0.717, 1.165) is 55.0 Å². The summed E-state index contributed by atoms with van der Waals surface area (Å²) in [7, 11) is -8.40. The normalized spacial score (nSPS) is 30.7. The minimum absolute atomic E-state index is 0.00685. The Kier molecular flexibility index (Phi) is 11.8. The Morgan fingerprint density at radius 2 is 1.42 bits per heavy atom. The van der Waals surface area contributed by atoms with Gasteiger partial charge >= 0.3 is 0 Å². The molecule has 4 unspecified atom stereocenters. The Bertz CT molecular complexity index is 1590. The fourth-order valence-corrected chi connectivity index (χ4v) is 11.2. The lowest BCUT2D eigenvalue weighted by Gasteiger charge is -2.34. The zero-order valence-corrected chi connectivity index (χ0v) is 31.8. The van der Waals surface area contributed by atoms with E-state index in [-0.39, 0.29) is 22.3 Å². The van der Waals surface area contributed by atoms with Crippen LogP contribution in [0.3, 0.4) is 0 Å². The highest BCUT2D eigenvalue weighted by molar-refractivity contribution is 7.85. The van der Waals surface area contributed by atoms with Crippen molar-refractivity contribution in [3.8, 4) is 0 Å². The number of allylic oxidation sites excluding steroid dienone is 8. The van der Waals surface area contributed by atoms with Crippen molar-refractivity contribution < 1.29 is 30.5 Å². The fraction of sp³-hybridized carbons (Fsp3) is 0.757. The topological polar surface area (TPSA) is 121 Å². The molecule has 0 spiro atoms. The van der Waals surface area contributed by atoms with Gasteiger partial charge in [0.05, 0.1) is 25.7 Å². The van der Waals surface area contributed by atoms with Crippen LogP contribution in [0.2, 0.25) is 0 Å². The van der Waals surface area contributed by atoms with Gasteiger partial charge in [-0.3, -0.25) is 0 Å². The SMILES string of the molecule is CC1(C)C(/C=C/C2=C(Cl)C(=C/C=C3/N(CCCCS(=O)(=O)[O-])C4CCCCC4C3(C)C)/CC2)=[N+](CCCCS(=O)(=O)[O-])C2CCCCC21. The van der Waals surface area contributed by atoms with Crippen molar-refractivity contribution in [2.24, 2.45) is 22.7 Å². The first-order chi connectivity index (χ1) is 22.5. The van der Waals surface area contributed by atoms with E-state index in [4.69, 9.17) is 11.6 Å². The van der Waals surface area contributed by atoms with Crippen LogP contribution in [0.5, 0.6) is 0 Å². The summed E-state index contributed by atoms with van der Waals surface area (Å²) in [4.78, 5) is 2.50. The summed E-state index contributed by atoms with van der Waals surface area (Å²) in [6.45, 7) is 10.9. The zero-order valence-electron chi connectivity index (χ0n) is 29.4. The Morgan fingerprint density at radius 3 is 2.10 bits per heavy atom. The molecule has 4 atom stereocenters. The predicted octanol–water partition coefficient (Wildman–Crippen LogP) is 7.24. The van der Waals surface area contributed by atoms with E-state index in [1.165, 1.54) is 49.9 Å². The smallest absolute Gasteiger partial charge is 0.182 e. The van der Waals surface area contributed by atoms with Gasteiger partial charge in [0.2, 0.25) is 0 Å². The number of rotatable bonds is 13. The predicted molar refractivity (Wildman–Crippen MR) is 191 cm³/mol. The van der Waals surface area contributed by atoms with Gasteiger partial charge in [-0.25, -0.2) is 21.4 Å². The average Bonchev–Trinajstić information content (AvgIpc) is 3.54. The fourth-order valence-electron chi connectivity index (χ4n) is 9.81. The Morgan fingerprint density at radius 1 is 0.792 bits per heavy atom. The second kappa shape index (κ2) is 15.0. The van der Waals surface area contributed by atoms with Gasteiger partial charge in [0.25, 0.3) is 0 Å². The molecule has 2 aliphatic heterocycles. The zero-order chi connectivity index (χ0) is 34.9. The minimum Gasteiger partial charge on any atom is -0.748 e. The monoisotopic (exact) mass is 723 g/mol. The summed E-state index contributed by atoms with van der Waals surface area (Å²) < 4.78 is 69.7. The lowest BCUT2D eigenvalue weighted by molar-refractivity contribution is -0.566. The van der Waals surface area contributed by atoms with Crippen LogP contribution in [0, 0.1) is 22.7 Å². The van der Waals surface area contributed by atoms with Crippen LogP contribution in [0.4, 0.5) is 0 Å². The van der Waals surface area contributed by atoms with Crippen LogP contribution >= 0.6 is 11.6 Å². The lowest BCUT2D eigenvalue weighted by atomic mass is 9.69. The van der Waals surface area contributed by atoms with E-state index in [1.54, 1.807) is 0 Å². The van der Waals surface area contributed by atoms with Gasteiger partial charge in [-0.15, -0.1) is 0 Å². The molecular formula is C37H56ClN2O6S2-. The molecule has 2 saturated carbocycles. The molecule has 0 radical (unpaired) electrons. The van der Waals surface area contributed by atoms with E-state index in [1.807, 2.05) is 0 Å². The van der Waals surface area contributed by atoms with Gasteiger partial charge in [0, 0.05) is 65.1 Å². The van der Waals surface area contributed by atoms with E-state index >= 15 is 0 Å². The van der Waals surface area contributed by atoms with Gasteiger partial charge in [-0.1, -0.05) is 56.9 Å².